The number of anilines is 1. The third-order valence-corrected chi connectivity index (χ3v) is 4.51. The summed E-state index contributed by atoms with van der Waals surface area (Å²) in [5, 5.41) is 2.69. The lowest BCUT2D eigenvalue weighted by atomic mass is 10.2. The minimum absolute atomic E-state index is 0.0501. The number of hydrogen-bond acceptors (Lipinski definition) is 4. The van der Waals surface area contributed by atoms with Crippen molar-refractivity contribution in [3.8, 4) is 0 Å². The molecule has 0 aliphatic rings. The summed E-state index contributed by atoms with van der Waals surface area (Å²) in [5.74, 6) is -0.0537. The number of nitrogen functional groups attached to an aromatic ring is 1. The minimum Gasteiger partial charge on any atom is -0.398 e. The molecule has 6 nitrogen and oxygen atoms in total. The van der Waals surface area contributed by atoms with E-state index in [9.17, 15) is 13.2 Å². The molecule has 21 heavy (non-hydrogen) atoms. The van der Waals surface area contributed by atoms with E-state index < -0.39 is 16.1 Å². The predicted octanol–water partition coefficient (Wildman–Crippen LogP) is 1.02. The summed E-state index contributed by atoms with van der Waals surface area (Å²) in [5.41, 5.74) is 6.92. The van der Waals surface area contributed by atoms with E-state index in [0.717, 1.165) is 5.56 Å². The van der Waals surface area contributed by atoms with Crippen molar-refractivity contribution in [1.82, 2.24) is 10.0 Å². The monoisotopic (exact) mass is 313 g/mol. The molecule has 0 radical (unpaired) electrons. The van der Waals surface area contributed by atoms with Gasteiger partial charge >= 0.3 is 0 Å². The van der Waals surface area contributed by atoms with Gasteiger partial charge in [0.1, 0.15) is 0 Å². The van der Waals surface area contributed by atoms with Crippen LogP contribution in [0.2, 0.25) is 0 Å². The molecule has 0 saturated heterocycles. The second kappa shape index (κ2) is 6.91. The molecule has 0 aliphatic heterocycles. The average Bonchev–Trinajstić information content (AvgIpc) is 2.38. The summed E-state index contributed by atoms with van der Waals surface area (Å²) in [6.07, 6.45) is 0. The van der Waals surface area contributed by atoms with Gasteiger partial charge in [0, 0.05) is 12.2 Å². The molecule has 1 aromatic carbocycles. The molecule has 0 fully saturated rings. The smallest absolute Gasteiger partial charge is 0.241 e. The van der Waals surface area contributed by atoms with Gasteiger partial charge in [-0.2, -0.15) is 4.72 Å². The SMILES string of the molecule is Cc1ccc(S(=O)(=O)NC(C)C(=O)NCC(C)C)cc1N. The number of amides is 1. The van der Waals surface area contributed by atoms with Crippen LogP contribution in [-0.4, -0.2) is 26.9 Å². The maximum Gasteiger partial charge on any atom is 0.241 e. The molecular weight excluding hydrogens is 290 g/mol. The second-order valence-corrected chi connectivity index (χ2v) is 7.21. The molecular formula is C14H23N3O3S. The lowest BCUT2D eigenvalue weighted by molar-refractivity contribution is -0.122. The van der Waals surface area contributed by atoms with Crippen LogP contribution in [0.25, 0.3) is 0 Å². The first kappa shape index (κ1) is 17.5. The van der Waals surface area contributed by atoms with Gasteiger partial charge in [-0.3, -0.25) is 4.79 Å². The maximum absolute atomic E-state index is 12.2. The molecule has 1 atom stereocenters. The molecule has 0 spiro atoms. The molecule has 7 heteroatoms. The van der Waals surface area contributed by atoms with E-state index >= 15 is 0 Å². The molecule has 1 amide bonds. The molecule has 1 rings (SSSR count). The number of nitrogens with one attached hydrogen (secondary N) is 2. The average molecular weight is 313 g/mol. The van der Waals surface area contributed by atoms with E-state index in [1.54, 1.807) is 13.0 Å². The van der Waals surface area contributed by atoms with Crippen molar-refractivity contribution < 1.29 is 13.2 Å². The zero-order valence-electron chi connectivity index (χ0n) is 12.8. The summed E-state index contributed by atoms with van der Waals surface area (Å²) in [6, 6.07) is 3.63. The van der Waals surface area contributed by atoms with Crippen LogP contribution >= 0.6 is 0 Å². The lowest BCUT2D eigenvalue weighted by Crippen LogP contribution is -2.45. The first-order chi connectivity index (χ1) is 9.63. The van der Waals surface area contributed by atoms with Gasteiger partial charge < -0.3 is 11.1 Å². The van der Waals surface area contributed by atoms with Crippen LogP contribution in [0.3, 0.4) is 0 Å². The van der Waals surface area contributed by atoms with Crippen LogP contribution in [0.15, 0.2) is 23.1 Å². The topological polar surface area (TPSA) is 101 Å². The van der Waals surface area contributed by atoms with E-state index in [0.29, 0.717) is 18.2 Å². The molecule has 0 saturated carbocycles. The highest BCUT2D eigenvalue weighted by atomic mass is 32.2. The summed E-state index contributed by atoms with van der Waals surface area (Å²) >= 11 is 0. The highest BCUT2D eigenvalue weighted by molar-refractivity contribution is 7.89. The first-order valence-corrected chi connectivity index (χ1v) is 8.28. The van der Waals surface area contributed by atoms with Crippen LogP contribution in [0.4, 0.5) is 5.69 Å². The number of benzene rings is 1. The normalized spacial score (nSPS) is 13.2. The van der Waals surface area contributed by atoms with E-state index in [1.165, 1.54) is 19.1 Å². The van der Waals surface area contributed by atoms with Crippen molar-refractivity contribution in [3.63, 3.8) is 0 Å². The number of aryl methyl sites for hydroxylation is 1. The van der Waals surface area contributed by atoms with E-state index in [4.69, 9.17) is 5.73 Å². The second-order valence-electron chi connectivity index (χ2n) is 5.50. The summed E-state index contributed by atoms with van der Waals surface area (Å²) < 4.78 is 26.8. The van der Waals surface area contributed by atoms with Crippen molar-refractivity contribution in [1.29, 1.82) is 0 Å². The van der Waals surface area contributed by atoms with Gasteiger partial charge in [-0.15, -0.1) is 0 Å². The van der Waals surface area contributed by atoms with Crippen molar-refractivity contribution in [3.05, 3.63) is 23.8 Å². The largest absolute Gasteiger partial charge is 0.398 e. The number of carbonyl (C=O) groups is 1. The number of carbonyl (C=O) groups excluding carboxylic acids is 1. The highest BCUT2D eigenvalue weighted by Crippen LogP contribution is 2.17. The molecule has 0 bridgehead atoms. The van der Waals surface area contributed by atoms with Crippen molar-refractivity contribution in [2.24, 2.45) is 5.92 Å². The summed E-state index contributed by atoms with van der Waals surface area (Å²) in [7, 11) is -3.77. The maximum atomic E-state index is 12.2. The Kier molecular flexibility index (Phi) is 5.74. The minimum atomic E-state index is -3.77. The fourth-order valence-electron chi connectivity index (χ4n) is 1.60. The fourth-order valence-corrected chi connectivity index (χ4v) is 2.84. The van der Waals surface area contributed by atoms with Crippen LogP contribution in [0, 0.1) is 12.8 Å². The third-order valence-electron chi connectivity index (χ3n) is 2.97. The first-order valence-electron chi connectivity index (χ1n) is 6.79. The zero-order valence-corrected chi connectivity index (χ0v) is 13.6. The molecule has 1 unspecified atom stereocenters. The Morgan fingerprint density at radius 2 is 1.90 bits per heavy atom. The van der Waals surface area contributed by atoms with E-state index in [1.807, 2.05) is 13.8 Å². The van der Waals surface area contributed by atoms with E-state index in [2.05, 4.69) is 10.0 Å². The Labute approximate surface area is 126 Å². The van der Waals surface area contributed by atoms with Gasteiger partial charge in [-0.05, 0) is 37.5 Å². The zero-order chi connectivity index (χ0) is 16.2. The van der Waals surface area contributed by atoms with Gasteiger partial charge in [0.25, 0.3) is 0 Å². The number of nitrogens with two attached hydrogens (primary N) is 1. The Morgan fingerprint density at radius 3 is 2.43 bits per heavy atom. The molecule has 4 N–H and O–H groups in total. The van der Waals surface area contributed by atoms with Gasteiger partial charge in [0.15, 0.2) is 0 Å². The standard InChI is InChI=1S/C14H23N3O3S/c1-9(2)8-16-14(18)11(4)17-21(19,20)12-6-5-10(3)13(15)7-12/h5-7,9,11,17H,8,15H2,1-4H3,(H,16,18). The van der Waals surface area contributed by atoms with Crippen molar-refractivity contribution in [2.75, 3.05) is 12.3 Å². The Bertz CT molecular complexity index is 612. The predicted molar refractivity (Wildman–Crippen MR) is 83.2 cm³/mol. The lowest BCUT2D eigenvalue weighted by Gasteiger charge is -2.16. The van der Waals surface area contributed by atoms with E-state index in [-0.39, 0.29) is 10.8 Å². The van der Waals surface area contributed by atoms with Gasteiger partial charge in [0.2, 0.25) is 15.9 Å². The van der Waals surface area contributed by atoms with Gasteiger partial charge in [0.05, 0.1) is 10.9 Å². The fraction of sp³-hybridized carbons (Fsp3) is 0.500. The molecule has 118 valence electrons. The number of rotatable bonds is 6. The van der Waals surface area contributed by atoms with Crippen LogP contribution in [-0.2, 0) is 14.8 Å². The highest BCUT2D eigenvalue weighted by Gasteiger charge is 2.22. The van der Waals surface area contributed by atoms with Crippen LogP contribution in [0.5, 0.6) is 0 Å². The molecule has 0 aromatic heterocycles. The Hall–Kier alpha value is -1.60. The summed E-state index contributed by atoms with van der Waals surface area (Å²) in [4.78, 5) is 11.9. The van der Waals surface area contributed by atoms with Gasteiger partial charge in [-0.25, -0.2) is 8.42 Å². The molecule has 0 heterocycles. The number of hydrogen-bond donors (Lipinski definition) is 3. The third kappa shape index (κ3) is 5.02. The molecule has 0 aliphatic carbocycles. The van der Waals surface area contributed by atoms with Crippen LogP contribution < -0.4 is 15.8 Å². The summed E-state index contributed by atoms with van der Waals surface area (Å²) in [6.45, 7) is 7.72. The Balaban J connectivity index is 2.80. The number of sulfonamides is 1. The quantitative estimate of drug-likeness (QED) is 0.682. The van der Waals surface area contributed by atoms with Crippen LogP contribution in [0.1, 0.15) is 26.3 Å². The van der Waals surface area contributed by atoms with Crippen molar-refractivity contribution in [2.45, 2.75) is 38.6 Å². The van der Waals surface area contributed by atoms with Gasteiger partial charge in [-0.1, -0.05) is 19.9 Å². The molecule has 1 aromatic rings. The Morgan fingerprint density at radius 1 is 1.29 bits per heavy atom. The van der Waals surface area contributed by atoms with Crippen molar-refractivity contribution >= 4 is 21.6 Å².